The van der Waals surface area contributed by atoms with Crippen molar-refractivity contribution in [1.29, 1.82) is 0 Å². The Morgan fingerprint density at radius 1 is 1.22 bits per heavy atom. The van der Waals surface area contributed by atoms with Gasteiger partial charge in [0.15, 0.2) is 0 Å². The van der Waals surface area contributed by atoms with Crippen LogP contribution in [0.1, 0.15) is 18.4 Å². The molecule has 0 aliphatic rings. The van der Waals surface area contributed by atoms with Gasteiger partial charge >= 0.3 is 0 Å². The van der Waals surface area contributed by atoms with Gasteiger partial charge in [0.25, 0.3) is 0 Å². The number of hydrogen-bond acceptors (Lipinski definition) is 3. The van der Waals surface area contributed by atoms with E-state index in [0.717, 1.165) is 19.1 Å². The highest BCUT2D eigenvalue weighted by molar-refractivity contribution is 7.90. The Balaban J connectivity index is 2.13. The van der Waals surface area contributed by atoms with Crippen molar-refractivity contribution in [1.82, 2.24) is 5.32 Å². The molecule has 0 bridgehead atoms. The third kappa shape index (κ3) is 7.06. The van der Waals surface area contributed by atoms with Gasteiger partial charge in [-0.15, -0.1) is 0 Å². The molecule has 0 heterocycles. The molecule has 0 aromatic heterocycles. The van der Waals surface area contributed by atoms with Crippen LogP contribution in [-0.4, -0.2) is 32.9 Å². The number of rotatable bonds is 7. The lowest BCUT2D eigenvalue weighted by Gasteiger charge is -2.04. The molecule has 1 aromatic rings. The molecule has 0 unspecified atom stereocenters. The van der Waals surface area contributed by atoms with Gasteiger partial charge in [0.05, 0.1) is 5.75 Å². The van der Waals surface area contributed by atoms with Crippen LogP contribution in [0.2, 0.25) is 0 Å². The van der Waals surface area contributed by atoms with Crippen LogP contribution in [-0.2, 0) is 21.1 Å². The maximum atomic E-state index is 11.3. The van der Waals surface area contributed by atoms with Crippen LogP contribution in [0.25, 0.3) is 0 Å². The van der Waals surface area contributed by atoms with Gasteiger partial charge in [0.1, 0.15) is 9.84 Å². The van der Waals surface area contributed by atoms with Gasteiger partial charge in [-0.25, -0.2) is 8.42 Å². The first-order valence-electron chi connectivity index (χ1n) is 5.96. The average Bonchev–Trinajstić information content (AvgIpc) is 2.33. The van der Waals surface area contributed by atoms with E-state index in [9.17, 15) is 13.2 Å². The van der Waals surface area contributed by atoms with Crippen LogP contribution in [0.5, 0.6) is 0 Å². The van der Waals surface area contributed by atoms with Gasteiger partial charge in [-0.2, -0.15) is 0 Å². The van der Waals surface area contributed by atoms with Gasteiger partial charge in [0.2, 0.25) is 5.91 Å². The molecular weight excluding hydrogens is 250 g/mol. The predicted octanol–water partition coefficient (Wildman–Crippen LogP) is 1.17. The van der Waals surface area contributed by atoms with Gasteiger partial charge in [-0.05, 0) is 18.4 Å². The maximum absolute atomic E-state index is 11.3. The van der Waals surface area contributed by atoms with E-state index >= 15 is 0 Å². The molecule has 1 N–H and O–H groups in total. The number of carbonyl (C=O) groups is 1. The maximum Gasteiger partial charge on any atom is 0.221 e. The Kier molecular flexibility index (Phi) is 5.85. The van der Waals surface area contributed by atoms with E-state index < -0.39 is 9.84 Å². The van der Waals surface area contributed by atoms with Crippen LogP contribution in [0.15, 0.2) is 30.3 Å². The van der Waals surface area contributed by atoms with Crippen LogP contribution in [0, 0.1) is 0 Å². The van der Waals surface area contributed by atoms with E-state index in [2.05, 4.69) is 5.32 Å². The molecule has 0 fully saturated rings. The third-order valence-electron chi connectivity index (χ3n) is 2.51. The summed E-state index contributed by atoms with van der Waals surface area (Å²) in [4.78, 5) is 11.3. The molecule has 0 aliphatic heterocycles. The number of amides is 1. The van der Waals surface area contributed by atoms with Crippen LogP contribution >= 0.6 is 0 Å². The monoisotopic (exact) mass is 269 g/mol. The first-order valence-corrected chi connectivity index (χ1v) is 8.02. The molecule has 0 saturated carbocycles. The smallest absolute Gasteiger partial charge is 0.221 e. The Morgan fingerprint density at radius 3 is 2.50 bits per heavy atom. The lowest BCUT2D eigenvalue weighted by atomic mass is 10.1. The van der Waals surface area contributed by atoms with Crippen LogP contribution < -0.4 is 5.32 Å². The fourth-order valence-corrected chi connectivity index (χ4v) is 2.09. The van der Waals surface area contributed by atoms with Crippen molar-refractivity contribution in [3.8, 4) is 0 Å². The Morgan fingerprint density at radius 2 is 1.89 bits per heavy atom. The summed E-state index contributed by atoms with van der Waals surface area (Å²) in [6.45, 7) is 0.581. The quantitative estimate of drug-likeness (QED) is 0.756. The average molecular weight is 269 g/mol. The largest absolute Gasteiger partial charge is 0.356 e. The first kappa shape index (κ1) is 14.7. The number of benzene rings is 1. The second-order valence-corrected chi connectivity index (χ2v) is 6.58. The molecule has 1 aromatic carbocycles. The molecule has 0 saturated heterocycles. The van der Waals surface area contributed by atoms with Crippen molar-refractivity contribution in [2.45, 2.75) is 19.3 Å². The van der Waals surface area contributed by atoms with Gasteiger partial charge in [-0.1, -0.05) is 30.3 Å². The molecule has 100 valence electrons. The fraction of sp³-hybridized carbons (Fsp3) is 0.462. The highest BCUT2D eigenvalue weighted by Gasteiger charge is 2.06. The van der Waals surface area contributed by atoms with E-state index in [1.165, 1.54) is 5.56 Å². The zero-order valence-electron chi connectivity index (χ0n) is 10.6. The summed E-state index contributed by atoms with van der Waals surface area (Å²) in [5.41, 5.74) is 1.24. The number of aryl methyl sites for hydroxylation is 1. The second kappa shape index (κ2) is 7.16. The molecule has 0 radical (unpaired) electrons. The standard InChI is InChI=1S/C13H19NO3S/c1-18(16,17)11-9-13(15)14-10-5-8-12-6-3-2-4-7-12/h2-4,6-7H,5,8-11H2,1H3,(H,14,15). The fourth-order valence-electron chi connectivity index (χ4n) is 1.53. The third-order valence-corrected chi connectivity index (χ3v) is 3.45. The molecule has 1 rings (SSSR count). The number of sulfone groups is 1. The van der Waals surface area contributed by atoms with E-state index in [0.29, 0.717) is 6.54 Å². The SMILES string of the molecule is CS(=O)(=O)CCC(=O)NCCCc1ccccc1. The van der Waals surface area contributed by atoms with Crippen molar-refractivity contribution >= 4 is 15.7 Å². The summed E-state index contributed by atoms with van der Waals surface area (Å²) >= 11 is 0. The van der Waals surface area contributed by atoms with Crippen molar-refractivity contribution in [2.24, 2.45) is 0 Å². The Labute approximate surface area is 108 Å². The molecule has 5 heteroatoms. The van der Waals surface area contributed by atoms with Crippen molar-refractivity contribution in [2.75, 3.05) is 18.6 Å². The number of hydrogen-bond donors (Lipinski definition) is 1. The molecule has 4 nitrogen and oxygen atoms in total. The number of carbonyl (C=O) groups excluding carboxylic acids is 1. The summed E-state index contributed by atoms with van der Waals surface area (Å²) in [7, 11) is -3.05. The Bertz CT molecular complexity index is 468. The molecule has 0 atom stereocenters. The molecule has 1 amide bonds. The summed E-state index contributed by atoms with van der Waals surface area (Å²) in [6, 6.07) is 10.0. The molecular formula is C13H19NO3S. The van der Waals surface area contributed by atoms with Crippen molar-refractivity contribution in [3.63, 3.8) is 0 Å². The highest BCUT2D eigenvalue weighted by atomic mass is 32.2. The second-order valence-electron chi connectivity index (χ2n) is 4.32. The van der Waals surface area contributed by atoms with Gasteiger partial charge < -0.3 is 5.32 Å². The van der Waals surface area contributed by atoms with Crippen LogP contribution in [0.3, 0.4) is 0 Å². The van der Waals surface area contributed by atoms with E-state index in [4.69, 9.17) is 0 Å². The predicted molar refractivity (Wildman–Crippen MR) is 72.1 cm³/mol. The minimum absolute atomic E-state index is 0.0458. The first-order chi connectivity index (χ1) is 8.47. The minimum atomic E-state index is -3.05. The van der Waals surface area contributed by atoms with E-state index in [-0.39, 0.29) is 18.1 Å². The molecule has 0 spiro atoms. The zero-order valence-corrected chi connectivity index (χ0v) is 11.4. The summed E-state index contributed by atoms with van der Waals surface area (Å²) in [6.07, 6.45) is 2.95. The summed E-state index contributed by atoms with van der Waals surface area (Å²) < 4.78 is 21.7. The number of nitrogens with one attached hydrogen (secondary N) is 1. The molecule has 18 heavy (non-hydrogen) atoms. The van der Waals surface area contributed by atoms with E-state index in [1.54, 1.807) is 0 Å². The van der Waals surface area contributed by atoms with Crippen molar-refractivity contribution < 1.29 is 13.2 Å². The van der Waals surface area contributed by atoms with Crippen molar-refractivity contribution in [3.05, 3.63) is 35.9 Å². The van der Waals surface area contributed by atoms with Gasteiger partial charge in [0, 0.05) is 19.2 Å². The van der Waals surface area contributed by atoms with Gasteiger partial charge in [-0.3, -0.25) is 4.79 Å². The lowest BCUT2D eigenvalue weighted by molar-refractivity contribution is -0.120. The minimum Gasteiger partial charge on any atom is -0.356 e. The lowest BCUT2D eigenvalue weighted by Crippen LogP contribution is -2.26. The van der Waals surface area contributed by atoms with Crippen LogP contribution in [0.4, 0.5) is 0 Å². The summed E-state index contributed by atoms with van der Waals surface area (Å²) in [5.74, 6) is -0.286. The zero-order chi connectivity index (χ0) is 13.4. The normalized spacial score (nSPS) is 11.2. The summed E-state index contributed by atoms with van der Waals surface area (Å²) in [5, 5.41) is 2.72. The topological polar surface area (TPSA) is 63.2 Å². The highest BCUT2D eigenvalue weighted by Crippen LogP contribution is 2.01. The van der Waals surface area contributed by atoms with E-state index in [1.807, 2.05) is 30.3 Å². The molecule has 0 aliphatic carbocycles. The Hall–Kier alpha value is -1.36.